The van der Waals surface area contributed by atoms with Crippen LogP contribution in [0.4, 0.5) is 8.78 Å². The van der Waals surface area contributed by atoms with Gasteiger partial charge in [0.15, 0.2) is 5.17 Å². The predicted molar refractivity (Wildman–Crippen MR) is 132 cm³/mol. The van der Waals surface area contributed by atoms with E-state index in [1.54, 1.807) is 11.0 Å². The van der Waals surface area contributed by atoms with E-state index in [2.05, 4.69) is 9.97 Å². The molecule has 1 unspecified atom stereocenters. The van der Waals surface area contributed by atoms with Crippen LogP contribution >= 0.6 is 11.8 Å². The third-order valence-corrected chi connectivity index (χ3v) is 8.33. The van der Waals surface area contributed by atoms with Crippen molar-refractivity contribution < 1.29 is 18.3 Å². The highest BCUT2D eigenvalue weighted by Gasteiger charge is 2.71. The Morgan fingerprint density at radius 1 is 1.39 bits per heavy atom. The normalized spacial score (nSPS) is 29.2. The number of alkyl halides is 1. The maximum absolute atomic E-state index is 15.0. The number of amides is 1. The third-order valence-electron chi connectivity index (χ3n) is 7.04. The average molecular weight is 511 g/mol. The smallest absolute Gasteiger partial charge is 0.239 e. The van der Waals surface area contributed by atoms with Crippen molar-refractivity contribution in [1.29, 1.82) is 5.26 Å². The lowest BCUT2D eigenvalue weighted by atomic mass is 9.85. The SMILES string of the molecule is COc1ncc(/C=C(\F)c2ccc(C#N)cn2)cc1[C@@]1(C)N=C(N)S[C@@]2(C(=O)N3CC[C@@H](F)C3)CC21. The second kappa shape index (κ2) is 8.85. The molecule has 0 radical (unpaired) electrons. The fraction of sp³-hybridized carbons (Fsp3) is 0.400. The van der Waals surface area contributed by atoms with Crippen molar-refractivity contribution in [1.82, 2.24) is 14.9 Å². The van der Waals surface area contributed by atoms with Gasteiger partial charge < -0.3 is 15.4 Å². The molecule has 1 saturated heterocycles. The number of carbonyl (C=O) groups excluding carboxylic acids is 1. The number of nitrogens with zero attached hydrogens (tertiary/aromatic N) is 5. The van der Waals surface area contributed by atoms with Gasteiger partial charge in [-0.2, -0.15) is 5.26 Å². The quantitative estimate of drug-likeness (QED) is 0.655. The molecule has 8 nitrogen and oxygen atoms in total. The summed E-state index contributed by atoms with van der Waals surface area (Å²) in [4.78, 5) is 28.1. The van der Waals surface area contributed by atoms with Crippen molar-refractivity contribution in [2.75, 3.05) is 20.2 Å². The van der Waals surface area contributed by atoms with Crippen LogP contribution in [0.5, 0.6) is 5.88 Å². The van der Waals surface area contributed by atoms with Gasteiger partial charge in [0, 0.05) is 30.4 Å². The van der Waals surface area contributed by atoms with Crippen LogP contribution in [-0.2, 0) is 10.3 Å². The summed E-state index contributed by atoms with van der Waals surface area (Å²) < 4.78 is 33.5. The zero-order valence-corrected chi connectivity index (χ0v) is 20.6. The maximum Gasteiger partial charge on any atom is 0.239 e. The number of pyridine rings is 2. The number of thioether (sulfide) groups is 1. The van der Waals surface area contributed by atoms with Crippen LogP contribution in [0.1, 0.15) is 42.1 Å². The minimum Gasteiger partial charge on any atom is -0.481 e. The molecular formula is C25H24F2N6O2S. The minimum atomic E-state index is -1.01. The molecule has 2 aromatic heterocycles. The highest BCUT2D eigenvalue weighted by Crippen LogP contribution is 2.67. The molecule has 4 heterocycles. The Hall–Kier alpha value is -3.52. The van der Waals surface area contributed by atoms with Crippen molar-refractivity contribution in [3.63, 3.8) is 0 Å². The number of hydrogen-bond acceptors (Lipinski definition) is 8. The number of likely N-dealkylation sites (tertiary alicyclic amines) is 1. The van der Waals surface area contributed by atoms with Crippen LogP contribution in [0.25, 0.3) is 11.9 Å². The minimum absolute atomic E-state index is 0.0810. The number of nitrogens with two attached hydrogens (primary N) is 1. The molecule has 0 bridgehead atoms. The number of nitriles is 1. The Labute approximate surface area is 211 Å². The summed E-state index contributed by atoms with van der Waals surface area (Å²) in [6.07, 6.45) is 3.91. The fourth-order valence-corrected chi connectivity index (χ4v) is 6.56. The lowest BCUT2D eigenvalue weighted by Crippen LogP contribution is -2.45. The van der Waals surface area contributed by atoms with E-state index in [1.165, 1.54) is 49.5 Å². The van der Waals surface area contributed by atoms with Gasteiger partial charge in [-0.25, -0.2) is 13.8 Å². The van der Waals surface area contributed by atoms with E-state index in [-0.39, 0.29) is 29.2 Å². The zero-order valence-electron chi connectivity index (χ0n) is 19.7. The topological polar surface area (TPSA) is 117 Å². The van der Waals surface area contributed by atoms with Crippen LogP contribution < -0.4 is 10.5 Å². The number of amidine groups is 1. The molecule has 5 rings (SSSR count). The number of aliphatic imine (C=N–C) groups is 1. The van der Waals surface area contributed by atoms with Gasteiger partial charge in [0.2, 0.25) is 11.8 Å². The summed E-state index contributed by atoms with van der Waals surface area (Å²) >= 11 is 1.23. The number of halogens is 2. The van der Waals surface area contributed by atoms with E-state index in [1.807, 2.05) is 13.0 Å². The highest BCUT2D eigenvalue weighted by molar-refractivity contribution is 8.15. The molecule has 2 aromatic rings. The molecule has 4 atom stereocenters. The van der Waals surface area contributed by atoms with Gasteiger partial charge >= 0.3 is 0 Å². The Balaban J connectivity index is 1.50. The van der Waals surface area contributed by atoms with Gasteiger partial charge in [-0.15, -0.1) is 0 Å². The van der Waals surface area contributed by atoms with E-state index in [9.17, 15) is 13.6 Å². The van der Waals surface area contributed by atoms with Gasteiger partial charge in [-0.1, -0.05) is 11.8 Å². The lowest BCUT2D eigenvalue weighted by molar-refractivity contribution is -0.131. The van der Waals surface area contributed by atoms with Crippen molar-refractivity contribution in [3.8, 4) is 11.9 Å². The largest absolute Gasteiger partial charge is 0.481 e. The van der Waals surface area contributed by atoms with Crippen LogP contribution in [0.15, 0.2) is 35.6 Å². The van der Waals surface area contributed by atoms with Crippen LogP contribution in [0.2, 0.25) is 0 Å². The van der Waals surface area contributed by atoms with Crippen molar-refractivity contribution in [2.45, 2.75) is 36.2 Å². The molecule has 2 aliphatic heterocycles. The third kappa shape index (κ3) is 3.99. The number of carbonyl (C=O) groups is 1. The lowest BCUT2D eigenvalue weighted by Gasteiger charge is -2.35. The molecule has 1 aliphatic carbocycles. The number of aromatic nitrogens is 2. The predicted octanol–water partition coefficient (Wildman–Crippen LogP) is 3.43. The highest BCUT2D eigenvalue weighted by atomic mass is 32.2. The number of ether oxygens (including phenoxy) is 1. The monoisotopic (exact) mass is 510 g/mol. The van der Waals surface area contributed by atoms with E-state index < -0.39 is 22.3 Å². The first-order valence-electron chi connectivity index (χ1n) is 11.5. The Bertz CT molecular complexity index is 1330. The summed E-state index contributed by atoms with van der Waals surface area (Å²) in [7, 11) is 1.48. The zero-order chi connectivity index (χ0) is 25.7. The molecule has 36 heavy (non-hydrogen) atoms. The summed E-state index contributed by atoms with van der Waals surface area (Å²) in [5, 5.41) is 9.18. The first kappa shape index (κ1) is 24.2. The van der Waals surface area contributed by atoms with E-state index in [0.717, 1.165) is 0 Å². The Morgan fingerprint density at radius 2 is 2.19 bits per heavy atom. The molecule has 0 aromatic carbocycles. The second-order valence-electron chi connectivity index (χ2n) is 9.34. The molecule has 1 amide bonds. The van der Waals surface area contributed by atoms with Crippen LogP contribution in [0.3, 0.4) is 0 Å². The first-order chi connectivity index (χ1) is 17.2. The molecule has 2 fully saturated rings. The van der Waals surface area contributed by atoms with Gasteiger partial charge in [0.1, 0.15) is 22.8 Å². The second-order valence-corrected chi connectivity index (χ2v) is 10.7. The summed E-state index contributed by atoms with van der Waals surface area (Å²) in [5.74, 6) is -0.639. The van der Waals surface area contributed by atoms with Gasteiger partial charge in [0.25, 0.3) is 0 Å². The number of rotatable bonds is 5. The van der Waals surface area contributed by atoms with Crippen LogP contribution in [-0.4, -0.2) is 57.1 Å². The molecule has 11 heteroatoms. The molecule has 3 aliphatic rings. The van der Waals surface area contributed by atoms with Gasteiger partial charge in [-0.3, -0.25) is 14.8 Å². The van der Waals surface area contributed by atoms with E-state index in [4.69, 9.17) is 20.7 Å². The van der Waals surface area contributed by atoms with Crippen molar-refractivity contribution in [2.24, 2.45) is 16.6 Å². The van der Waals surface area contributed by atoms with Gasteiger partial charge in [0.05, 0.1) is 30.5 Å². The van der Waals surface area contributed by atoms with E-state index >= 15 is 0 Å². The van der Waals surface area contributed by atoms with Crippen molar-refractivity contribution >= 4 is 34.7 Å². The fourth-order valence-electron chi connectivity index (χ4n) is 5.12. The van der Waals surface area contributed by atoms with Crippen LogP contribution in [0, 0.1) is 17.2 Å². The van der Waals surface area contributed by atoms with E-state index in [0.29, 0.717) is 42.0 Å². The number of fused-ring (bicyclic) bond motifs is 1. The number of hydrogen-bond donors (Lipinski definition) is 1. The maximum atomic E-state index is 15.0. The molecule has 186 valence electrons. The molecule has 2 N–H and O–H groups in total. The molecule has 0 spiro atoms. The summed E-state index contributed by atoms with van der Waals surface area (Å²) in [5.41, 5.74) is 6.71. The Kier molecular flexibility index (Phi) is 5.95. The standard InChI is InChI=1S/C25H24F2N6O2S/c1-24(20-9-25(20,36-23(29)32-24)22(34)33-6-5-16(26)13-33)17-7-15(12-31-21(17)35-2)8-18(27)19-4-3-14(10-28)11-30-19/h3-4,7-8,11-12,16,20H,5-6,9,13H2,1-2H3,(H2,29,32)/b18-8-/t16-,20?,24-,25+/m1/s1. The summed E-state index contributed by atoms with van der Waals surface area (Å²) in [6, 6.07) is 6.59. The first-order valence-corrected chi connectivity index (χ1v) is 12.3. The number of methoxy groups -OCH3 is 1. The van der Waals surface area contributed by atoms with Crippen molar-refractivity contribution in [3.05, 3.63) is 53.0 Å². The molecule has 1 saturated carbocycles. The molecular weight excluding hydrogens is 486 g/mol. The van der Waals surface area contributed by atoms with Gasteiger partial charge in [-0.05, 0) is 49.6 Å². The summed E-state index contributed by atoms with van der Waals surface area (Å²) in [6.45, 7) is 2.35. The Morgan fingerprint density at radius 3 is 2.83 bits per heavy atom. The average Bonchev–Trinajstić information content (AvgIpc) is 3.48.